The molecule has 3 aromatic rings. The lowest BCUT2D eigenvalue weighted by Crippen LogP contribution is -2.33. The number of fused-ring (bicyclic) bond motifs is 1. The molecule has 0 amide bonds. The maximum Gasteiger partial charge on any atom is 0.155 e. The van der Waals surface area contributed by atoms with E-state index in [1.165, 1.54) is 12.8 Å². The number of imidazole rings is 1. The summed E-state index contributed by atoms with van der Waals surface area (Å²) in [4.78, 5) is 11.7. The third-order valence-electron chi connectivity index (χ3n) is 4.77. The van der Waals surface area contributed by atoms with Crippen molar-refractivity contribution < 1.29 is 0 Å². The van der Waals surface area contributed by atoms with Crippen LogP contribution in [-0.4, -0.2) is 27.5 Å². The summed E-state index contributed by atoms with van der Waals surface area (Å²) in [5.41, 5.74) is 1.77. The van der Waals surface area contributed by atoms with Crippen molar-refractivity contribution in [3.8, 4) is 11.4 Å². The van der Waals surface area contributed by atoms with Gasteiger partial charge in [-0.25, -0.2) is 9.97 Å². The van der Waals surface area contributed by atoms with Crippen LogP contribution >= 0.6 is 39.1 Å². The van der Waals surface area contributed by atoms with Gasteiger partial charge in [-0.3, -0.25) is 4.40 Å². The molecule has 4 rings (SSSR count). The van der Waals surface area contributed by atoms with Gasteiger partial charge in [-0.05, 0) is 46.8 Å². The van der Waals surface area contributed by atoms with E-state index in [0.29, 0.717) is 10.0 Å². The molecule has 1 fully saturated rings. The van der Waals surface area contributed by atoms with E-state index in [1.807, 2.05) is 28.9 Å². The fourth-order valence-corrected chi connectivity index (χ4v) is 4.22. The number of benzene rings is 1. The second kappa shape index (κ2) is 6.78. The highest BCUT2D eigenvalue weighted by Crippen LogP contribution is 2.37. The van der Waals surface area contributed by atoms with E-state index < -0.39 is 0 Å². The van der Waals surface area contributed by atoms with Crippen LogP contribution in [0.2, 0.25) is 10.0 Å². The van der Waals surface area contributed by atoms with Crippen LogP contribution < -0.4 is 4.90 Å². The normalized spacial score (nSPS) is 15.9. The van der Waals surface area contributed by atoms with Gasteiger partial charge in [0.15, 0.2) is 5.82 Å². The lowest BCUT2D eigenvalue weighted by molar-refractivity contribution is 0.437. The molecule has 1 aliphatic heterocycles. The van der Waals surface area contributed by atoms with E-state index in [9.17, 15) is 0 Å². The number of halogens is 3. The van der Waals surface area contributed by atoms with Crippen molar-refractivity contribution in [1.82, 2.24) is 14.4 Å². The Labute approximate surface area is 164 Å². The molecule has 130 valence electrons. The van der Waals surface area contributed by atoms with E-state index in [4.69, 9.17) is 28.2 Å². The quantitative estimate of drug-likeness (QED) is 0.513. The van der Waals surface area contributed by atoms with Gasteiger partial charge in [0.1, 0.15) is 15.9 Å². The van der Waals surface area contributed by atoms with Crippen molar-refractivity contribution in [2.24, 2.45) is 5.92 Å². The Hall–Kier alpha value is -1.30. The minimum absolute atomic E-state index is 0.508. The molecule has 25 heavy (non-hydrogen) atoms. The summed E-state index contributed by atoms with van der Waals surface area (Å²) >= 11 is 16.2. The van der Waals surface area contributed by atoms with Gasteiger partial charge < -0.3 is 4.90 Å². The number of anilines is 1. The lowest BCUT2D eigenvalue weighted by atomic mass is 9.99. The van der Waals surface area contributed by atoms with E-state index >= 15 is 0 Å². The number of hydrogen-bond acceptors (Lipinski definition) is 3. The molecular weight excluding hydrogens is 423 g/mol. The van der Waals surface area contributed by atoms with Gasteiger partial charge in [-0.2, -0.15) is 0 Å². The van der Waals surface area contributed by atoms with E-state index in [-0.39, 0.29) is 0 Å². The summed E-state index contributed by atoms with van der Waals surface area (Å²) in [7, 11) is 0. The average Bonchev–Trinajstić information content (AvgIpc) is 2.95. The Bertz CT molecular complexity index is 932. The standard InChI is InChI=1S/C18H17BrCl2N4/c1-11-5-8-24(9-6-11)18-15-16(19)23-17(25(15)10-7-22-18)12-3-2-4-13(20)14(12)21/h2-4,7,10-11H,5-6,8-9H2,1H3. The summed E-state index contributed by atoms with van der Waals surface area (Å²) < 4.78 is 2.79. The first-order chi connectivity index (χ1) is 12.1. The van der Waals surface area contributed by atoms with Crippen LogP contribution in [-0.2, 0) is 0 Å². The fraction of sp³-hybridized carbons (Fsp3) is 0.333. The molecule has 0 radical (unpaired) electrons. The Morgan fingerprint density at radius 1 is 1.20 bits per heavy atom. The van der Waals surface area contributed by atoms with Crippen LogP contribution in [0.25, 0.3) is 16.9 Å². The van der Waals surface area contributed by atoms with E-state index in [2.05, 4.69) is 32.7 Å². The SMILES string of the molecule is CC1CCN(c2nccn3c(-c4cccc(Cl)c4Cl)nc(Br)c23)CC1. The molecule has 1 aromatic carbocycles. The summed E-state index contributed by atoms with van der Waals surface area (Å²) in [5, 5.41) is 1.03. The van der Waals surface area contributed by atoms with Gasteiger partial charge >= 0.3 is 0 Å². The zero-order chi connectivity index (χ0) is 17.6. The largest absolute Gasteiger partial charge is 0.355 e. The molecule has 7 heteroatoms. The van der Waals surface area contributed by atoms with E-state index in [1.54, 1.807) is 6.07 Å². The summed E-state index contributed by atoms with van der Waals surface area (Å²) in [5.74, 6) is 2.48. The molecule has 0 spiro atoms. The second-order valence-corrected chi connectivity index (χ2v) is 8.00. The predicted molar refractivity (Wildman–Crippen MR) is 107 cm³/mol. The molecule has 4 nitrogen and oxygen atoms in total. The molecule has 0 aliphatic carbocycles. The minimum Gasteiger partial charge on any atom is -0.355 e. The highest BCUT2D eigenvalue weighted by atomic mass is 79.9. The van der Waals surface area contributed by atoms with Crippen LogP contribution in [0.15, 0.2) is 35.2 Å². The highest BCUT2D eigenvalue weighted by molar-refractivity contribution is 9.10. The molecule has 0 N–H and O–H groups in total. The number of hydrogen-bond donors (Lipinski definition) is 0. The first kappa shape index (κ1) is 17.1. The van der Waals surface area contributed by atoms with Crippen LogP contribution in [0.4, 0.5) is 5.82 Å². The molecule has 1 aliphatic rings. The van der Waals surface area contributed by atoms with E-state index in [0.717, 1.165) is 46.3 Å². The Kier molecular flexibility index (Phi) is 4.65. The van der Waals surface area contributed by atoms with Crippen molar-refractivity contribution in [3.05, 3.63) is 45.2 Å². The number of aromatic nitrogens is 3. The molecule has 0 unspecified atom stereocenters. The molecule has 0 saturated carbocycles. The Balaban J connectivity index is 1.87. The van der Waals surface area contributed by atoms with Gasteiger partial charge in [0.2, 0.25) is 0 Å². The van der Waals surface area contributed by atoms with Gasteiger partial charge in [0.25, 0.3) is 0 Å². The van der Waals surface area contributed by atoms with Crippen LogP contribution in [0, 0.1) is 5.92 Å². The number of piperidine rings is 1. The molecule has 0 atom stereocenters. The molecule has 3 heterocycles. The van der Waals surface area contributed by atoms with Crippen LogP contribution in [0.3, 0.4) is 0 Å². The summed E-state index contributed by atoms with van der Waals surface area (Å²) in [6, 6.07) is 5.59. The van der Waals surface area contributed by atoms with Crippen molar-refractivity contribution in [3.63, 3.8) is 0 Å². The Morgan fingerprint density at radius 3 is 2.72 bits per heavy atom. The zero-order valence-electron chi connectivity index (χ0n) is 13.7. The first-order valence-electron chi connectivity index (χ1n) is 8.28. The van der Waals surface area contributed by atoms with Crippen molar-refractivity contribution >= 4 is 50.5 Å². The van der Waals surface area contributed by atoms with Gasteiger partial charge in [0, 0.05) is 31.0 Å². The van der Waals surface area contributed by atoms with Gasteiger partial charge in [0.05, 0.1) is 10.0 Å². The molecule has 0 bridgehead atoms. The Morgan fingerprint density at radius 2 is 1.96 bits per heavy atom. The molecule has 2 aromatic heterocycles. The van der Waals surface area contributed by atoms with Gasteiger partial charge in [-0.15, -0.1) is 0 Å². The number of nitrogens with zero attached hydrogens (tertiary/aromatic N) is 4. The predicted octanol–water partition coefficient (Wildman–Crippen LogP) is 5.70. The molecular formula is C18H17BrCl2N4. The smallest absolute Gasteiger partial charge is 0.155 e. The average molecular weight is 440 g/mol. The highest BCUT2D eigenvalue weighted by Gasteiger charge is 2.23. The second-order valence-electron chi connectivity index (χ2n) is 6.47. The maximum atomic E-state index is 6.42. The third-order valence-corrected chi connectivity index (χ3v) is 6.14. The first-order valence-corrected chi connectivity index (χ1v) is 9.83. The lowest BCUT2D eigenvalue weighted by Gasteiger charge is -2.31. The summed E-state index contributed by atoms with van der Waals surface area (Å²) in [6.07, 6.45) is 6.09. The van der Waals surface area contributed by atoms with Gasteiger partial charge in [-0.1, -0.05) is 36.2 Å². The topological polar surface area (TPSA) is 33.4 Å². The van der Waals surface area contributed by atoms with Crippen molar-refractivity contribution in [1.29, 1.82) is 0 Å². The fourth-order valence-electron chi connectivity index (χ4n) is 3.30. The van der Waals surface area contributed by atoms with Crippen LogP contribution in [0.5, 0.6) is 0 Å². The zero-order valence-corrected chi connectivity index (χ0v) is 16.8. The minimum atomic E-state index is 0.508. The third kappa shape index (κ3) is 3.03. The van der Waals surface area contributed by atoms with Crippen LogP contribution in [0.1, 0.15) is 19.8 Å². The van der Waals surface area contributed by atoms with Crippen molar-refractivity contribution in [2.75, 3.05) is 18.0 Å². The number of rotatable bonds is 2. The summed E-state index contributed by atoms with van der Waals surface area (Å²) in [6.45, 7) is 4.33. The van der Waals surface area contributed by atoms with Crippen molar-refractivity contribution in [2.45, 2.75) is 19.8 Å². The monoisotopic (exact) mass is 438 g/mol. The maximum absolute atomic E-state index is 6.42. The molecule has 1 saturated heterocycles.